The number of carbonyl (C=O) groups excluding carboxylic acids is 2. The molecule has 1 saturated heterocycles. The van der Waals surface area contributed by atoms with E-state index in [0.717, 1.165) is 25.9 Å². The fourth-order valence-corrected chi connectivity index (χ4v) is 2.90. The van der Waals surface area contributed by atoms with Crippen LogP contribution >= 0.6 is 0 Å². The van der Waals surface area contributed by atoms with E-state index in [-0.39, 0.29) is 18.0 Å². The number of hydrogen-bond donors (Lipinski definition) is 3. The van der Waals surface area contributed by atoms with E-state index < -0.39 is 5.82 Å². The van der Waals surface area contributed by atoms with Crippen LogP contribution in [0.25, 0.3) is 0 Å². The molecule has 0 saturated carbocycles. The first kappa shape index (κ1) is 18.8. The molecule has 6 nitrogen and oxygen atoms in total. The Labute approximate surface area is 157 Å². The lowest BCUT2D eigenvalue weighted by atomic mass is 10.2. The van der Waals surface area contributed by atoms with Crippen molar-refractivity contribution in [2.45, 2.75) is 25.4 Å². The van der Waals surface area contributed by atoms with Gasteiger partial charge in [0.15, 0.2) is 0 Å². The van der Waals surface area contributed by atoms with Crippen LogP contribution in [-0.2, 0) is 4.74 Å². The van der Waals surface area contributed by atoms with Crippen molar-refractivity contribution in [3.63, 3.8) is 0 Å². The van der Waals surface area contributed by atoms with Crippen molar-refractivity contribution in [3.05, 3.63) is 59.9 Å². The molecule has 1 atom stereocenters. The zero-order valence-electron chi connectivity index (χ0n) is 14.8. The maximum atomic E-state index is 13.2. The van der Waals surface area contributed by atoms with E-state index in [1.165, 1.54) is 18.2 Å². The lowest BCUT2D eigenvalue weighted by molar-refractivity contribution is 0.102. The van der Waals surface area contributed by atoms with Crippen LogP contribution in [-0.4, -0.2) is 31.2 Å². The summed E-state index contributed by atoms with van der Waals surface area (Å²) in [6, 6.07) is 11.9. The number of anilines is 2. The van der Waals surface area contributed by atoms with Crippen LogP contribution < -0.4 is 16.0 Å². The molecule has 0 aliphatic carbocycles. The van der Waals surface area contributed by atoms with Gasteiger partial charge in [-0.25, -0.2) is 9.18 Å². The van der Waals surface area contributed by atoms with Gasteiger partial charge in [0.05, 0.1) is 6.10 Å². The van der Waals surface area contributed by atoms with Crippen molar-refractivity contribution in [1.29, 1.82) is 0 Å². The first-order valence-electron chi connectivity index (χ1n) is 8.93. The molecule has 1 fully saturated rings. The summed E-state index contributed by atoms with van der Waals surface area (Å²) in [6.45, 7) is 1.32. The van der Waals surface area contributed by atoms with Gasteiger partial charge in [-0.3, -0.25) is 4.79 Å². The van der Waals surface area contributed by atoms with Crippen LogP contribution in [0.5, 0.6) is 0 Å². The number of nitrogens with one attached hydrogen (secondary N) is 3. The van der Waals surface area contributed by atoms with E-state index in [1.54, 1.807) is 30.3 Å². The zero-order valence-corrected chi connectivity index (χ0v) is 14.8. The molecule has 1 heterocycles. The van der Waals surface area contributed by atoms with Gasteiger partial charge in [0.2, 0.25) is 0 Å². The molecule has 0 radical (unpaired) electrons. The van der Waals surface area contributed by atoms with Crippen LogP contribution in [0.1, 0.15) is 29.6 Å². The first-order chi connectivity index (χ1) is 13.1. The van der Waals surface area contributed by atoms with E-state index in [1.807, 2.05) is 0 Å². The summed E-state index contributed by atoms with van der Waals surface area (Å²) in [7, 11) is 0. The second-order valence-electron chi connectivity index (χ2n) is 6.35. The van der Waals surface area contributed by atoms with Gasteiger partial charge < -0.3 is 20.7 Å². The minimum atomic E-state index is -0.428. The Morgan fingerprint density at radius 3 is 2.59 bits per heavy atom. The Bertz CT molecular complexity index is 807. The number of rotatable bonds is 6. The van der Waals surface area contributed by atoms with Crippen molar-refractivity contribution in [3.8, 4) is 0 Å². The Balaban J connectivity index is 1.51. The van der Waals surface area contributed by atoms with Crippen molar-refractivity contribution < 1.29 is 18.7 Å². The molecule has 0 unspecified atom stereocenters. The molecule has 27 heavy (non-hydrogen) atoms. The molecule has 2 aromatic rings. The fourth-order valence-electron chi connectivity index (χ4n) is 2.90. The Kier molecular flexibility index (Phi) is 6.38. The highest BCUT2D eigenvalue weighted by molar-refractivity contribution is 6.05. The van der Waals surface area contributed by atoms with E-state index in [9.17, 15) is 14.0 Å². The van der Waals surface area contributed by atoms with Crippen molar-refractivity contribution in [2.24, 2.45) is 0 Å². The van der Waals surface area contributed by atoms with Gasteiger partial charge in [0.1, 0.15) is 5.82 Å². The Morgan fingerprint density at radius 1 is 1.07 bits per heavy atom. The average Bonchev–Trinajstić information content (AvgIpc) is 3.15. The Hall–Kier alpha value is -2.93. The van der Waals surface area contributed by atoms with E-state index >= 15 is 0 Å². The van der Waals surface area contributed by atoms with Gasteiger partial charge in [0.25, 0.3) is 5.91 Å². The highest BCUT2D eigenvalue weighted by Crippen LogP contribution is 2.16. The monoisotopic (exact) mass is 371 g/mol. The first-order valence-corrected chi connectivity index (χ1v) is 8.93. The maximum absolute atomic E-state index is 13.2. The standard InChI is InChI=1S/C20H22FN3O3/c21-15-5-2-7-17(13-15)23-19(25)14-4-1-6-16(12-14)24-20(26)22-10-9-18-8-3-11-27-18/h1-2,4-7,12-13,18H,3,8-11H2,(H,23,25)(H2,22,24,26)/t18-/m0/s1. The Morgan fingerprint density at radius 2 is 1.85 bits per heavy atom. The van der Waals surface area contributed by atoms with E-state index in [4.69, 9.17) is 4.74 Å². The molecule has 0 aromatic heterocycles. The van der Waals surface area contributed by atoms with Crippen molar-refractivity contribution >= 4 is 23.3 Å². The van der Waals surface area contributed by atoms with Crippen LogP contribution in [0.4, 0.5) is 20.6 Å². The number of amides is 3. The zero-order chi connectivity index (χ0) is 19.1. The topological polar surface area (TPSA) is 79.5 Å². The normalized spacial score (nSPS) is 16.0. The molecular formula is C20H22FN3O3. The number of halogens is 1. The summed E-state index contributed by atoms with van der Waals surface area (Å²) in [5.41, 5.74) is 1.22. The predicted octanol–water partition coefficient (Wildman–Crippen LogP) is 3.77. The number of ether oxygens (including phenoxy) is 1. The fraction of sp³-hybridized carbons (Fsp3) is 0.300. The second-order valence-corrected chi connectivity index (χ2v) is 6.35. The van der Waals surface area contributed by atoms with Crippen molar-refractivity contribution in [1.82, 2.24) is 5.32 Å². The van der Waals surface area contributed by atoms with E-state index in [0.29, 0.717) is 23.5 Å². The molecule has 3 amide bonds. The third-order valence-electron chi connectivity index (χ3n) is 4.24. The number of hydrogen-bond acceptors (Lipinski definition) is 3. The number of carbonyl (C=O) groups is 2. The molecular weight excluding hydrogens is 349 g/mol. The summed E-state index contributed by atoms with van der Waals surface area (Å²) >= 11 is 0. The molecule has 3 N–H and O–H groups in total. The highest BCUT2D eigenvalue weighted by atomic mass is 19.1. The van der Waals surface area contributed by atoms with Gasteiger partial charge in [0, 0.05) is 30.1 Å². The summed E-state index contributed by atoms with van der Waals surface area (Å²) in [5.74, 6) is -0.814. The molecule has 7 heteroatoms. The van der Waals surface area contributed by atoms with Gasteiger partial charge >= 0.3 is 6.03 Å². The molecule has 3 rings (SSSR count). The van der Waals surface area contributed by atoms with Crippen molar-refractivity contribution in [2.75, 3.05) is 23.8 Å². The smallest absolute Gasteiger partial charge is 0.319 e. The third-order valence-corrected chi connectivity index (χ3v) is 4.24. The highest BCUT2D eigenvalue weighted by Gasteiger charge is 2.15. The molecule has 0 spiro atoms. The summed E-state index contributed by atoms with van der Waals surface area (Å²) in [5, 5.41) is 8.11. The predicted molar refractivity (Wildman–Crippen MR) is 101 cm³/mol. The van der Waals surface area contributed by atoms with Crippen LogP contribution in [0.2, 0.25) is 0 Å². The molecule has 2 aromatic carbocycles. The lowest BCUT2D eigenvalue weighted by Crippen LogP contribution is -2.31. The maximum Gasteiger partial charge on any atom is 0.319 e. The molecule has 1 aliphatic rings. The minimum Gasteiger partial charge on any atom is -0.378 e. The summed E-state index contributed by atoms with van der Waals surface area (Å²) < 4.78 is 18.7. The van der Waals surface area contributed by atoms with Gasteiger partial charge in [-0.05, 0) is 55.7 Å². The number of urea groups is 1. The van der Waals surface area contributed by atoms with Gasteiger partial charge in [-0.15, -0.1) is 0 Å². The molecule has 142 valence electrons. The SMILES string of the molecule is O=C(NCC[C@@H]1CCCO1)Nc1cccc(C(=O)Nc2cccc(F)c2)c1. The third kappa shape index (κ3) is 5.79. The largest absolute Gasteiger partial charge is 0.378 e. The van der Waals surface area contributed by atoms with Crippen LogP contribution in [0.3, 0.4) is 0 Å². The second kappa shape index (κ2) is 9.14. The quantitative estimate of drug-likeness (QED) is 0.723. The van der Waals surface area contributed by atoms with Gasteiger partial charge in [-0.2, -0.15) is 0 Å². The molecule has 0 bridgehead atoms. The number of benzene rings is 2. The lowest BCUT2D eigenvalue weighted by Gasteiger charge is -2.11. The van der Waals surface area contributed by atoms with Crippen LogP contribution in [0.15, 0.2) is 48.5 Å². The van der Waals surface area contributed by atoms with E-state index in [2.05, 4.69) is 16.0 Å². The summed E-state index contributed by atoms with van der Waals surface area (Å²) in [6.07, 6.45) is 3.11. The average molecular weight is 371 g/mol. The van der Waals surface area contributed by atoms with Gasteiger partial charge in [-0.1, -0.05) is 12.1 Å². The van der Waals surface area contributed by atoms with Crippen LogP contribution in [0, 0.1) is 5.82 Å². The minimum absolute atomic E-state index is 0.222. The molecule has 1 aliphatic heterocycles. The summed E-state index contributed by atoms with van der Waals surface area (Å²) in [4.78, 5) is 24.3.